The highest BCUT2D eigenvalue weighted by Crippen LogP contribution is 2.39. The molecule has 1 aromatic heterocycles. The summed E-state index contributed by atoms with van der Waals surface area (Å²) in [4.78, 5) is 9.58. The Hall–Kier alpha value is -2.31. The number of benzene rings is 1. The van der Waals surface area contributed by atoms with Crippen LogP contribution in [0.2, 0.25) is 0 Å². The molecule has 1 spiro atoms. The highest BCUT2D eigenvalue weighted by molar-refractivity contribution is 5.47. The van der Waals surface area contributed by atoms with Crippen molar-refractivity contribution in [2.75, 3.05) is 25.2 Å². The first kappa shape index (κ1) is 15.2. The van der Waals surface area contributed by atoms with Crippen molar-refractivity contribution in [1.29, 1.82) is 0 Å². The van der Waals surface area contributed by atoms with Crippen LogP contribution in [0.4, 0.5) is 5.82 Å². The lowest BCUT2D eigenvalue weighted by Crippen LogP contribution is -2.40. The molecule has 1 aromatic carbocycles. The number of hydrogen-bond donors (Lipinski definition) is 0. The Bertz CT molecular complexity index is 749. The second kappa shape index (κ2) is 6.30. The van der Waals surface area contributed by atoms with Crippen molar-refractivity contribution in [3.05, 3.63) is 59.8 Å². The molecule has 0 N–H and O–H groups in total. The molecule has 122 valence electrons. The molecule has 2 fully saturated rings. The average molecular weight is 317 g/mol. The normalized spacial score (nSPS) is 19.5. The van der Waals surface area contributed by atoms with Crippen LogP contribution in [-0.4, -0.2) is 35.7 Å². The molecule has 0 amide bonds. The number of aromatic nitrogens is 1. The van der Waals surface area contributed by atoms with Gasteiger partial charge in [-0.1, -0.05) is 42.9 Å². The highest BCUT2D eigenvalue weighted by Gasteiger charge is 2.44. The van der Waals surface area contributed by atoms with Crippen molar-refractivity contribution in [2.45, 2.75) is 31.2 Å². The van der Waals surface area contributed by atoms with E-state index in [1.807, 2.05) is 36.5 Å². The van der Waals surface area contributed by atoms with Gasteiger partial charge < -0.3 is 4.90 Å². The van der Waals surface area contributed by atoms with E-state index < -0.39 is 0 Å². The Kier molecular flexibility index (Phi) is 4.00. The molecular formula is C21H23N3. The standard InChI is InChI=1S/C21H23N3/c1-23-17-24(16-21(23)13-5-6-14-21)20-12-11-19(15-22-20)10-9-18-7-3-2-4-8-18/h2-4,7-8,11-12,15H,5-6,13-14,16-17H2,1H3. The third kappa shape index (κ3) is 2.90. The number of likely N-dealkylation sites (N-methyl/N-ethyl adjacent to an activating group) is 1. The fraction of sp³-hybridized carbons (Fsp3) is 0.381. The van der Waals surface area contributed by atoms with E-state index >= 15 is 0 Å². The maximum Gasteiger partial charge on any atom is 0.129 e. The molecule has 4 rings (SSSR count). The van der Waals surface area contributed by atoms with E-state index in [1.54, 1.807) is 0 Å². The lowest BCUT2D eigenvalue weighted by molar-refractivity contribution is 0.192. The van der Waals surface area contributed by atoms with Gasteiger partial charge >= 0.3 is 0 Å². The first-order chi connectivity index (χ1) is 11.8. The second-order valence-electron chi connectivity index (χ2n) is 6.99. The predicted octanol–water partition coefficient (Wildman–Crippen LogP) is 3.50. The molecule has 1 aliphatic carbocycles. The molecule has 2 heterocycles. The average Bonchev–Trinajstić information content (AvgIpc) is 3.23. The summed E-state index contributed by atoms with van der Waals surface area (Å²) >= 11 is 0. The summed E-state index contributed by atoms with van der Waals surface area (Å²) in [6, 6.07) is 14.3. The van der Waals surface area contributed by atoms with Gasteiger partial charge in [-0.3, -0.25) is 4.90 Å². The second-order valence-corrected chi connectivity index (χ2v) is 6.99. The van der Waals surface area contributed by atoms with Crippen molar-refractivity contribution in [3.63, 3.8) is 0 Å². The van der Waals surface area contributed by atoms with E-state index in [4.69, 9.17) is 0 Å². The van der Waals surface area contributed by atoms with E-state index in [1.165, 1.54) is 25.7 Å². The number of hydrogen-bond acceptors (Lipinski definition) is 3. The topological polar surface area (TPSA) is 19.4 Å². The Balaban J connectivity index is 1.48. The Morgan fingerprint density at radius 3 is 2.42 bits per heavy atom. The van der Waals surface area contributed by atoms with Gasteiger partial charge in [0.05, 0.1) is 6.67 Å². The molecule has 2 aliphatic rings. The van der Waals surface area contributed by atoms with E-state index in [9.17, 15) is 0 Å². The van der Waals surface area contributed by atoms with Gasteiger partial charge in [-0.15, -0.1) is 0 Å². The summed E-state index contributed by atoms with van der Waals surface area (Å²) in [6.07, 6.45) is 7.26. The van der Waals surface area contributed by atoms with Crippen LogP contribution in [0.3, 0.4) is 0 Å². The molecular weight excluding hydrogens is 294 g/mol. The van der Waals surface area contributed by atoms with Gasteiger partial charge in [-0.2, -0.15) is 0 Å². The number of pyridine rings is 1. The lowest BCUT2D eigenvalue weighted by atomic mass is 9.97. The van der Waals surface area contributed by atoms with Gasteiger partial charge in [-0.25, -0.2) is 4.98 Å². The van der Waals surface area contributed by atoms with Crippen LogP contribution in [0.15, 0.2) is 48.7 Å². The van der Waals surface area contributed by atoms with Crippen molar-refractivity contribution in [3.8, 4) is 11.8 Å². The maximum atomic E-state index is 4.66. The molecule has 1 saturated carbocycles. The molecule has 0 atom stereocenters. The molecule has 1 aliphatic heterocycles. The van der Waals surface area contributed by atoms with Gasteiger partial charge in [0, 0.05) is 29.4 Å². The van der Waals surface area contributed by atoms with Crippen LogP contribution >= 0.6 is 0 Å². The Labute approximate surface area is 144 Å². The SMILES string of the molecule is CN1CN(c2ccc(C#Cc3ccccc3)cn2)CC12CCCC2. The summed E-state index contributed by atoms with van der Waals surface area (Å²) in [6.45, 7) is 2.08. The molecule has 2 aromatic rings. The van der Waals surface area contributed by atoms with Crippen molar-refractivity contribution < 1.29 is 0 Å². The van der Waals surface area contributed by atoms with Crippen molar-refractivity contribution in [1.82, 2.24) is 9.88 Å². The van der Waals surface area contributed by atoms with Crippen LogP contribution in [-0.2, 0) is 0 Å². The monoisotopic (exact) mass is 317 g/mol. The van der Waals surface area contributed by atoms with E-state index in [2.05, 4.69) is 45.8 Å². The third-order valence-electron chi connectivity index (χ3n) is 5.41. The molecule has 0 radical (unpaired) electrons. The van der Waals surface area contributed by atoms with Crippen LogP contribution < -0.4 is 4.90 Å². The summed E-state index contributed by atoms with van der Waals surface area (Å²) in [5.74, 6) is 7.45. The van der Waals surface area contributed by atoms with Crippen LogP contribution in [0, 0.1) is 11.8 Å². The highest BCUT2D eigenvalue weighted by atomic mass is 15.4. The number of nitrogens with zero attached hydrogens (tertiary/aromatic N) is 3. The van der Waals surface area contributed by atoms with Gasteiger partial charge in [-0.05, 0) is 44.2 Å². The van der Waals surface area contributed by atoms with Gasteiger partial charge in [0.15, 0.2) is 0 Å². The minimum atomic E-state index is 0.382. The fourth-order valence-corrected chi connectivity index (χ4v) is 3.97. The van der Waals surface area contributed by atoms with E-state index in [0.29, 0.717) is 5.54 Å². The molecule has 0 unspecified atom stereocenters. The number of anilines is 1. The molecule has 1 saturated heterocycles. The first-order valence-corrected chi connectivity index (χ1v) is 8.75. The van der Waals surface area contributed by atoms with Gasteiger partial charge in [0.2, 0.25) is 0 Å². The predicted molar refractivity (Wildman–Crippen MR) is 97.8 cm³/mol. The zero-order valence-electron chi connectivity index (χ0n) is 14.2. The first-order valence-electron chi connectivity index (χ1n) is 8.75. The van der Waals surface area contributed by atoms with E-state index in [-0.39, 0.29) is 0 Å². The fourth-order valence-electron chi connectivity index (χ4n) is 3.97. The summed E-state index contributed by atoms with van der Waals surface area (Å²) in [5, 5.41) is 0. The van der Waals surface area contributed by atoms with Crippen molar-refractivity contribution in [2.24, 2.45) is 0 Å². The molecule has 3 heteroatoms. The smallest absolute Gasteiger partial charge is 0.129 e. The minimum Gasteiger partial charge on any atom is -0.342 e. The third-order valence-corrected chi connectivity index (χ3v) is 5.41. The molecule has 24 heavy (non-hydrogen) atoms. The van der Waals surface area contributed by atoms with Gasteiger partial charge in [0.1, 0.15) is 5.82 Å². The summed E-state index contributed by atoms with van der Waals surface area (Å²) in [5.41, 5.74) is 2.38. The van der Waals surface area contributed by atoms with Crippen LogP contribution in [0.1, 0.15) is 36.8 Å². The van der Waals surface area contributed by atoms with E-state index in [0.717, 1.165) is 30.2 Å². The lowest BCUT2D eigenvalue weighted by Gasteiger charge is -2.29. The van der Waals surface area contributed by atoms with Crippen molar-refractivity contribution >= 4 is 5.82 Å². The quantitative estimate of drug-likeness (QED) is 0.751. The molecule has 3 nitrogen and oxygen atoms in total. The zero-order valence-corrected chi connectivity index (χ0v) is 14.2. The minimum absolute atomic E-state index is 0.382. The largest absolute Gasteiger partial charge is 0.342 e. The van der Waals surface area contributed by atoms with Gasteiger partial charge in [0.25, 0.3) is 0 Å². The van der Waals surface area contributed by atoms with Crippen LogP contribution in [0.5, 0.6) is 0 Å². The maximum absolute atomic E-state index is 4.66. The Morgan fingerprint density at radius 2 is 1.71 bits per heavy atom. The molecule has 0 bridgehead atoms. The summed E-state index contributed by atoms with van der Waals surface area (Å²) in [7, 11) is 2.25. The summed E-state index contributed by atoms with van der Waals surface area (Å²) < 4.78 is 0. The Morgan fingerprint density at radius 1 is 0.958 bits per heavy atom. The number of rotatable bonds is 1. The zero-order chi connectivity index (χ0) is 16.4. The van der Waals surface area contributed by atoms with Crippen LogP contribution in [0.25, 0.3) is 0 Å².